The van der Waals surface area contributed by atoms with E-state index in [0.29, 0.717) is 45.3 Å². The third-order valence-electron chi connectivity index (χ3n) is 8.79. The standard InChI is InChI=1S/C25H43N3O6/c1-5-11-26-23(33)34-21-8-10-24(3)18(19(31)6-7-20(24)25(21,4)15-29)13-22(32)28-12-9-17(14-28)27-16(2)30/h17-21,29,31H,5-15H2,1-4H3,(H,26,33)(H,27,30). The molecule has 0 spiro atoms. The van der Waals surface area contributed by atoms with Gasteiger partial charge in [-0.25, -0.2) is 4.79 Å². The number of carbonyl (C=O) groups excluding carboxylic acids is 3. The van der Waals surface area contributed by atoms with E-state index < -0.39 is 23.7 Å². The first-order chi connectivity index (χ1) is 16.0. The summed E-state index contributed by atoms with van der Waals surface area (Å²) in [7, 11) is 0. The van der Waals surface area contributed by atoms with Crippen molar-refractivity contribution >= 4 is 17.9 Å². The number of carbonyl (C=O) groups is 3. The third kappa shape index (κ3) is 5.35. The molecule has 3 amide bonds. The highest BCUT2D eigenvalue weighted by molar-refractivity contribution is 5.77. The molecule has 2 saturated carbocycles. The Bertz CT molecular complexity index is 763. The fourth-order valence-corrected chi connectivity index (χ4v) is 6.89. The average Bonchev–Trinajstić information content (AvgIpc) is 3.24. The highest BCUT2D eigenvalue weighted by Gasteiger charge is 2.60. The van der Waals surface area contributed by atoms with Crippen LogP contribution >= 0.6 is 0 Å². The lowest BCUT2D eigenvalue weighted by Crippen LogP contribution is -2.61. The van der Waals surface area contributed by atoms with Crippen LogP contribution in [0.5, 0.6) is 0 Å². The van der Waals surface area contributed by atoms with Gasteiger partial charge in [0.2, 0.25) is 11.8 Å². The summed E-state index contributed by atoms with van der Waals surface area (Å²) in [4.78, 5) is 38.7. The number of hydrogen-bond acceptors (Lipinski definition) is 6. The van der Waals surface area contributed by atoms with Crippen LogP contribution in [0.15, 0.2) is 0 Å². The Hall–Kier alpha value is -1.87. The molecule has 0 aromatic carbocycles. The monoisotopic (exact) mass is 481 g/mol. The number of amides is 3. The molecule has 0 aromatic heterocycles. The Balaban J connectivity index is 1.73. The van der Waals surface area contributed by atoms with E-state index in [1.807, 2.05) is 13.8 Å². The summed E-state index contributed by atoms with van der Waals surface area (Å²) < 4.78 is 5.78. The van der Waals surface area contributed by atoms with E-state index in [4.69, 9.17) is 4.74 Å². The molecule has 3 fully saturated rings. The van der Waals surface area contributed by atoms with Gasteiger partial charge in [-0.15, -0.1) is 0 Å². The second kappa shape index (κ2) is 10.8. The van der Waals surface area contributed by atoms with Gasteiger partial charge in [-0.3, -0.25) is 9.59 Å². The van der Waals surface area contributed by atoms with Crippen molar-refractivity contribution in [1.82, 2.24) is 15.5 Å². The van der Waals surface area contributed by atoms with Crippen LogP contribution < -0.4 is 10.6 Å². The molecule has 194 valence electrons. The second-order valence-electron chi connectivity index (χ2n) is 11.1. The first kappa shape index (κ1) is 26.7. The molecule has 0 radical (unpaired) electrons. The molecule has 3 aliphatic rings. The van der Waals surface area contributed by atoms with Gasteiger partial charge >= 0.3 is 6.09 Å². The Kier molecular flexibility index (Phi) is 8.50. The van der Waals surface area contributed by atoms with Crippen LogP contribution in [0.3, 0.4) is 0 Å². The maximum Gasteiger partial charge on any atom is 0.407 e. The van der Waals surface area contributed by atoms with Crippen LogP contribution in [0.2, 0.25) is 0 Å². The van der Waals surface area contributed by atoms with Crippen LogP contribution in [-0.4, -0.2) is 77.5 Å². The lowest BCUT2D eigenvalue weighted by Gasteiger charge is -2.60. The first-order valence-corrected chi connectivity index (χ1v) is 12.8. The molecular formula is C25H43N3O6. The largest absolute Gasteiger partial charge is 0.446 e. The number of nitrogens with one attached hydrogen (secondary N) is 2. The Morgan fingerprint density at radius 2 is 1.88 bits per heavy atom. The summed E-state index contributed by atoms with van der Waals surface area (Å²) >= 11 is 0. The molecule has 9 heteroatoms. The number of rotatable bonds is 7. The minimum absolute atomic E-state index is 0.00166. The number of alkyl carbamates (subject to hydrolysis) is 1. The van der Waals surface area contributed by atoms with Gasteiger partial charge in [0.1, 0.15) is 6.10 Å². The minimum atomic E-state index is -0.651. The van der Waals surface area contributed by atoms with Gasteiger partial charge in [-0.1, -0.05) is 20.8 Å². The van der Waals surface area contributed by atoms with E-state index in [0.717, 1.165) is 12.8 Å². The van der Waals surface area contributed by atoms with Crippen molar-refractivity contribution in [3.8, 4) is 0 Å². The van der Waals surface area contributed by atoms with Crippen molar-refractivity contribution in [3.63, 3.8) is 0 Å². The van der Waals surface area contributed by atoms with Crippen molar-refractivity contribution in [1.29, 1.82) is 0 Å². The smallest absolute Gasteiger partial charge is 0.407 e. The van der Waals surface area contributed by atoms with Crippen LogP contribution in [0.25, 0.3) is 0 Å². The molecule has 0 bridgehead atoms. The third-order valence-corrected chi connectivity index (χ3v) is 8.79. The van der Waals surface area contributed by atoms with E-state index in [2.05, 4.69) is 17.6 Å². The highest BCUT2D eigenvalue weighted by Crippen LogP contribution is 2.61. The van der Waals surface area contributed by atoms with Gasteiger partial charge in [0.15, 0.2) is 0 Å². The van der Waals surface area contributed by atoms with E-state index >= 15 is 0 Å². The molecule has 9 nitrogen and oxygen atoms in total. The molecule has 2 aliphatic carbocycles. The number of likely N-dealkylation sites (tertiary alicyclic amines) is 1. The number of ether oxygens (including phenoxy) is 1. The van der Waals surface area contributed by atoms with Crippen molar-refractivity contribution in [2.75, 3.05) is 26.2 Å². The van der Waals surface area contributed by atoms with E-state index in [1.54, 1.807) is 4.90 Å². The Morgan fingerprint density at radius 1 is 1.15 bits per heavy atom. The zero-order valence-electron chi connectivity index (χ0n) is 21.1. The predicted octanol–water partition coefficient (Wildman–Crippen LogP) is 1.80. The Morgan fingerprint density at radius 3 is 2.53 bits per heavy atom. The zero-order chi connectivity index (χ0) is 25.1. The lowest BCUT2D eigenvalue weighted by molar-refractivity contribution is -0.187. The Labute approximate surface area is 203 Å². The summed E-state index contributed by atoms with van der Waals surface area (Å²) in [5.74, 6) is -0.321. The van der Waals surface area contributed by atoms with Crippen LogP contribution in [0.4, 0.5) is 4.79 Å². The van der Waals surface area contributed by atoms with E-state index in [9.17, 15) is 24.6 Å². The van der Waals surface area contributed by atoms with Crippen molar-refractivity contribution in [2.45, 2.75) is 90.9 Å². The molecular weight excluding hydrogens is 438 g/mol. The molecule has 1 saturated heterocycles. The molecule has 34 heavy (non-hydrogen) atoms. The number of aliphatic hydroxyl groups is 2. The summed E-state index contributed by atoms with van der Waals surface area (Å²) in [6.45, 7) is 9.07. The quantitative estimate of drug-likeness (QED) is 0.439. The molecule has 1 aliphatic heterocycles. The average molecular weight is 482 g/mol. The molecule has 1 heterocycles. The second-order valence-corrected chi connectivity index (χ2v) is 11.1. The number of hydrogen-bond donors (Lipinski definition) is 4. The minimum Gasteiger partial charge on any atom is -0.446 e. The maximum absolute atomic E-state index is 13.2. The zero-order valence-corrected chi connectivity index (χ0v) is 21.1. The molecule has 7 atom stereocenters. The molecule has 3 rings (SSSR count). The first-order valence-electron chi connectivity index (χ1n) is 12.8. The fourth-order valence-electron chi connectivity index (χ4n) is 6.89. The summed E-state index contributed by atoms with van der Waals surface area (Å²) in [6, 6.07) is -0.0230. The topological polar surface area (TPSA) is 128 Å². The summed E-state index contributed by atoms with van der Waals surface area (Å²) in [5, 5.41) is 27.1. The molecule has 4 N–H and O–H groups in total. The van der Waals surface area contributed by atoms with Gasteiger partial charge < -0.3 is 30.5 Å². The summed E-state index contributed by atoms with van der Waals surface area (Å²) in [6.07, 6.45) is 2.88. The van der Waals surface area contributed by atoms with Gasteiger partial charge in [0.05, 0.1) is 12.7 Å². The van der Waals surface area contributed by atoms with Crippen LogP contribution in [0.1, 0.15) is 72.6 Å². The number of aliphatic hydroxyl groups excluding tert-OH is 2. The lowest BCUT2D eigenvalue weighted by atomic mass is 9.46. The van der Waals surface area contributed by atoms with Gasteiger partial charge in [-0.05, 0) is 55.8 Å². The van der Waals surface area contributed by atoms with Crippen molar-refractivity contribution in [2.24, 2.45) is 22.7 Å². The predicted molar refractivity (Wildman–Crippen MR) is 127 cm³/mol. The summed E-state index contributed by atoms with van der Waals surface area (Å²) in [5.41, 5.74) is -1.01. The SMILES string of the molecule is CCCNC(=O)OC1CCC2(C)C(CC(=O)N3CCC(NC(C)=O)C3)C(O)CCC2C1(C)CO. The van der Waals surface area contributed by atoms with Crippen LogP contribution in [0, 0.1) is 22.7 Å². The van der Waals surface area contributed by atoms with Gasteiger partial charge in [-0.2, -0.15) is 0 Å². The van der Waals surface area contributed by atoms with E-state index in [-0.39, 0.29) is 48.1 Å². The maximum atomic E-state index is 13.2. The van der Waals surface area contributed by atoms with Gasteiger partial charge in [0.25, 0.3) is 0 Å². The normalized spacial score (nSPS) is 37.6. The molecule has 7 unspecified atom stereocenters. The van der Waals surface area contributed by atoms with Crippen molar-refractivity contribution < 1.29 is 29.3 Å². The van der Waals surface area contributed by atoms with E-state index in [1.165, 1.54) is 6.92 Å². The highest BCUT2D eigenvalue weighted by atomic mass is 16.6. The molecule has 0 aromatic rings. The number of nitrogens with zero attached hydrogens (tertiary/aromatic N) is 1. The number of fused-ring (bicyclic) bond motifs is 1. The fraction of sp³-hybridized carbons (Fsp3) is 0.880. The van der Waals surface area contributed by atoms with Crippen LogP contribution in [-0.2, 0) is 14.3 Å². The van der Waals surface area contributed by atoms with Crippen molar-refractivity contribution in [3.05, 3.63) is 0 Å². The van der Waals surface area contributed by atoms with Gasteiger partial charge in [0, 0.05) is 44.4 Å².